The number of anilines is 1. The second-order valence-corrected chi connectivity index (χ2v) is 6.72. The summed E-state index contributed by atoms with van der Waals surface area (Å²) in [5.41, 5.74) is 0.308. The first kappa shape index (κ1) is 13.7. The Morgan fingerprint density at radius 2 is 2.00 bits per heavy atom. The Balaban J connectivity index is 1.87. The van der Waals surface area contributed by atoms with E-state index >= 15 is 0 Å². The first-order chi connectivity index (χ1) is 9.95. The number of thiophene rings is 1. The molecule has 3 rings (SSSR count). The van der Waals surface area contributed by atoms with Crippen LogP contribution in [0.25, 0.3) is 0 Å². The number of fused-ring (bicyclic) bond motifs is 1. The van der Waals surface area contributed by atoms with Gasteiger partial charge in [0.05, 0.1) is 10.6 Å². The number of nitrogens with one attached hydrogen (secondary N) is 1. The van der Waals surface area contributed by atoms with Gasteiger partial charge in [-0.25, -0.2) is 13.2 Å². The van der Waals surface area contributed by atoms with Crippen molar-refractivity contribution in [1.29, 1.82) is 0 Å². The number of hydrogen-bond acceptors (Lipinski definition) is 6. The average Bonchev–Trinajstić information content (AvgIpc) is 3.07. The Kier molecular flexibility index (Phi) is 3.22. The second kappa shape index (κ2) is 4.93. The molecule has 0 saturated heterocycles. The van der Waals surface area contributed by atoms with Crippen molar-refractivity contribution in [3.8, 4) is 11.5 Å². The fraction of sp³-hybridized carbons (Fsp3) is 0.0833. The zero-order chi connectivity index (χ0) is 15.0. The summed E-state index contributed by atoms with van der Waals surface area (Å²) in [5, 5.41) is 10.1. The first-order valence-electron chi connectivity index (χ1n) is 5.70. The third-order valence-electron chi connectivity index (χ3n) is 2.72. The molecule has 2 heterocycles. The van der Waals surface area contributed by atoms with Gasteiger partial charge in [-0.2, -0.15) is 0 Å². The molecule has 2 N–H and O–H groups in total. The SMILES string of the molecule is O=C(O)c1cc(S(=O)(=O)Nc2ccc3c(c2)OCO3)cs1. The number of carboxylic acids is 1. The maximum Gasteiger partial charge on any atom is 0.345 e. The van der Waals surface area contributed by atoms with Gasteiger partial charge in [-0.15, -0.1) is 11.3 Å². The van der Waals surface area contributed by atoms with E-state index in [2.05, 4.69) is 4.72 Å². The molecule has 0 bridgehead atoms. The standard InChI is InChI=1S/C12H9NO6S2/c14-12(15)11-4-8(5-20-11)21(16,17)13-7-1-2-9-10(3-7)19-6-18-9/h1-5,13H,6H2,(H,14,15). The summed E-state index contributed by atoms with van der Waals surface area (Å²) >= 11 is 0.852. The summed E-state index contributed by atoms with van der Waals surface area (Å²) in [6, 6.07) is 5.75. The molecule has 0 radical (unpaired) electrons. The summed E-state index contributed by atoms with van der Waals surface area (Å²) < 4.78 is 37.0. The quantitative estimate of drug-likeness (QED) is 0.890. The maximum atomic E-state index is 12.2. The van der Waals surface area contributed by atoms with E-state index in [0.717, 1.165) is 17.4 Å². The smallest absolute Gasteiger partial charge is 0.345 e. The van der Waals surface area contributed by atoms with E-state index in [-0.39, 0.29) is 16.6 Å². The van der Waals surface area contributed by atoms with E-state index in [4.69, 9.17) is 14.6 Å². The normalized spacial score (nSPS) is 13.1. The van der Waals surface area contributed by atoms with Gasteiger partial charge in [0, 0.05) is 11.4 Å². The van der Waals surface area contributed by atoms with Crippen LogP contribution < -0.4 is 14.2 Å². The Hall–Kier alpha value is -2.26. The van der Waals surface area contributed by atoms with Crippen LogP contribution in [-0.2, 0) is 10.0 Å². The molecule has 0 atom stereocenters. The first-order valence-corrected chi connectivity index (χ1v) is 8.06. The lowest BCUT2D eigenvalue weighted by molar-refractivity contribution is 0.0702. The molecule has 21 heavy (non-hydrogen) atoms. The molecule has 1 aromatic carbocycles. The molecular weight excluding hydrogens is 318 g/mol. The van der Waals surface area contributed by atoms with Crippen LogP contribution in [0.5, 0.6) is 11.5 Å². The molecule has 7 nitrogen and oxygen atoms in total. The predicted octanol–water partition coefficient (Wildman–Crippen LogP) is 1.98. The molecule has 0 aliphatic carbocycles. The van der Waals surface area contributed by atoms with Crippen LogP contribution in [0.4, 0.5) is 5.69 Å². The number of carbonyl (C=O) groups is 1. The minimum Gasteiger partial charge on any atom is -0.477 e. The zero-order valence-corrected chi connectivity index (χ0v) is 12.0. The molecule has 0 fully saturated rings. The van der Waals surface area contributed by atoms with Crippen molar-refractivity contribution in [3.05, 3.63) is 34.5 Å². The van der Waals surface area contributed by atoms with Gasteiger partial charge in [0.25, 0.3) is 10.0 Å². The summed E-state index contributed by atoms with van der Waals surface area (Å²) in [6.45, 7) is 0.0953. The van der Waals surface area contributed by atoms with Gasteiger partial charge in [-0.1, -0.05) is 0 Å². The number of hydrogen-bond donors (Lipinski definition) is 2. The topological polar surface area (TPSA) is 102 Å². The number of rotatable bonds is 4. The number of aromatic carboxylic acids is 1. The molecule has 0 spiro atoms. The highest BCUT2D eigenvalue weighted by atomic mass is 32.2. The van der Waals surface area contributed by atoms with E-state index in [0.29, 0.717) is 17.2 Å². The van der Waals surface area contributed by atoms with Crippen molar-refractivity contribution in [2.75, 3.05) is 11.5 Å². The van der Waals surface area contributed by atoms with Gasteiger partial charge < -0.3 is 14.6 Å². The lowest BCUT2D eigenvalue weighted by atomic mass is 10.3. The minimum absolute atomic E-state index is 0.0407. The van der Waals surface area contributed by atoms with Crippen molar-refractivity contribution in [2.24, 2.45) is 0 Å². The zero-order valence-electron chi connectivity index (χ0n) is 10.4. The molecule has 0 amide bonds. The minimum atomic E-state index is -3.84. The molecular formula is C12H9NO6S2. The third-order valence-corrected chi connectivity index (χ3v) is 5.15. The van der Waals surface area contributed by atoms with Gasteiger partial charge >= 0.3 is 5.97 Å². The highest BCUT2D eigenvalue weighted by Gasteiger charge is 2.20. The molecule has 1 aromatic heterocycles. The second-order valence-electron chi connectivity index (χ2n) is 4.13. The number of ether oxygens (including phenoxy) is 2. The van der Waals surface area contributed by atoms with Crippen LogP contribution in [0, 0.1) is 0 Å². The number of sulfonamides is 1. The van der Waals surface area contributed by atoms with Crippen molar-refractivity contribution in [2.45, 2.75) is 4.90 Å². The van der Waals surface area contributed by atoms with Gasteiger partial charge in [0.2, 0.25) is 6.79 Å². The average molecular weight is 327 g/mol. The highest BCUT2D eigenvalue weighted by molar-refractivity contribution is 7.92. The maximum absolute atomic E-state index is 12.2. The van der Waals surface area contributed by atoms with Gasteiger partial charge in [0.15, 0.2) is 11.5 Å². The van der Waals surface area contributed by atoms with Crippen molar-refractivity contribution in [1.82, 2.24) is 0 Å². The fourth-order valence-electron chi connectivity index (χ4n) is 1.75. The van der Waals surface area contributed by atoms with Crippen LogP contribution in [0.2, 0.25) is 0 Å². The van der Waals surface area contributed by atoms with E-state index in [1.807, 2.05) is 0 Å². The van der Waals surface area contributed by atoms with Crippen LogP contribution in [0.1, 0.15) is 9.67 Å². The lowest BCUT2D eigenvalue weighted by Gasteiger charge is -2.07. The fourth-order valence-corrected chi connectivity index (χ4v) is 3.91. The van der Waals surface area contributed by atoms with Crippen LogP contribution in [-0.4, -0.2) is 26.3 Å². The van der Waals surface area contributed by atoms with Gasteiger partial charge in [-0.3, -0.25) is 4.72 Å². The van der Waals surface area contributed by atoms with Crippen LogP contribution in [0.15, 0.2) is 34.5 Å². The molecule has 0 saturated carbocycles. The predicted molar refractivity (Wildman–Crippen MR) is 74.7 cm³/mol. The molecule has 9 heteroatoms. The molecule has 0 unspecified atom stereocenters. The monoisotopic (exact) mass is 327 g/mol. The van der Waals surface area contributed by atoms with E-state index in [1.165, 1.54) is 17.5 Å². The number of carboxylic acid groups (broad SMARTS) is 1. The van der Waals surface area contributed by atoms with Crippen molar-refractivity contribution >= 4 is 33.0 Å². The Morgan fingerprint density at radius 3 is 2.71 bits per heavy atom. The molecule has 1 aliphatic rings. The van der Waals surface area contributed by atoms with Crippen LogP contribution >= 0.6 is 11.3 Å². The van der Waals surface area contributed by atoms with Gasteiger partial charge in [0.1, 0.15) is 4.88 Å². The van der Waals surface area contributed by atoms with Crippen LogP contribution in [0.3, 0.4) is 0 Å². The van der Waals surface area contributed by atoms with E-state index in [1.54, 1.807) is 6.07 Å². The lowest BCUT2D eigenvalue weighted by Crippen LogP contribution is -2.12. The van der Waals surface area contributed by atoms with Crippen molar-refractivity contribution in [3.63, 3.8) is 0 Å². The van der Waals surface area contributed by atoms with E-state index < -0.39 is 16.0 Å². The Labute approximate surface area is 123 Å². The van der Waals surface area contributed by atoms with Gasteiger partial charge in [-0.05, 0) is 18.2 Å². The Morgan fingerprint density at radius 1 is 1.24 bits per heavy atom. The summed E-state index contributed by atoms with van der Waals surface area (Å²) in [4.78, 5) is 10.7. The Bertz CT molecular complexity index is 811. The number of benzene rings is 1. The van der Waals surface area contributed by atoms with Crippen molar-refractivity contribution < 1.29 is 27.8 Å². The summed E-state index contributed by atoms with van der Waals surface area (Å²) in [6.07, 6.45) is 0. The molecule has 2 aromatic rings. The summed E-state index contributed by atoms with van der Waals surface area (Å²) in [5.74, 6) is -0.169. The summed E-state index contributed by atoms with van der Waals surface area (Å²) in [7, 11) is -3.84. The highest BCUT2D eigenvalue weighted by Crippen LogP contribution is 2.35. The molecule has 1 aliphatic heterocycles. The van der Waals surface area contributed by atoms with E-state index in [9.17, 15) is 13.2 Å². The largest absolute Gasteiger partial charge is 0.477 e. The molecule has 110 valence electrons. The third kappa shape index (κ3) is 2.65.